The number of carbonyl (C=O) groups is 2. The van der Waals surface area contributed by atoms with E-state index in [4.69, 9.17) is 0 Å². The van der Waals surface area contributed by atoms with E-state index < -0.39 is 5.92 Å². The van der Waals surface area contributed by atoms with Gasteiger partial charge in [-0.15, -0.1) is 0 Å². The van der Waals surface area contributed by atoms with E-state index in [1.54, 1.807) is 0 Å². The summed E-state index contributed by atoms with van der Waals surface area (Å²) < 4.78 is 0. The van der Waals surface area contributed by atoms with Crippen LogP contribution in [0.4, 0.5) is 0 Å². The summed E-state index contributed by atoms with van der Waals surface area (Å²) in [7, 11) is 0. The summed E-state index contributed by atoms with van der Waals surface area (Å²) in [4.78, 5) is 25.3. The number of nitrogens with zero attached hydrogens (tertiary/aromatic N) is 1. The first kappa shape index (κ1) is 22.0. The second-order valence-corrected chi connectivity index (χ2v) is 7.18. The zero-order valence-electron chi connectivity index (χ0n) is 17.6. The molecule has 0 heterocycles. The fourth-order valence-electron chi connectivity index (χ4n) is 3.36. The molecule has 0 saturated carbocycles. The van der Waals surface area contributed by atoms with Crippen molar-refractivity contribution in [3.05, 3.63) is 108 Å². The Bertz CT molecular complexity index is 963. The lowest BCUT2D eigenvalue weighted by Crippen LogP contribution is -2.38. The first-order valence-electron chi connectivity index (χ1n) is 10.5. The predicted molar refractivity (Wildman–Crippen MR) is 124 cm³/mol. The minimum Gasteiger partial charge on any atom is -0.346 e. The van der Waals surface area contributed by atoms with Crippen LogP contribution in [-0.4, -0.2) is 24.1 Å². The standard InChI is InChI=1S/C26H27N3O2/c1-2-12-23(20-13-6-3-7-14-20)28-29-24(30)19-27-26(31)25(21-15-8-4-9-16-21)22-17-10-5-11-18-22/h3-11,13-18,25H,2,12,19H2,1H3,(H,27,31)(H,29,30)/b28-23-. The van der Waals surface area contributed by atoms with Gasteiger partial charge >= 0.3 is 0 Å². The third kappa shape index (κ3) is 6.37. The van der Waals surface area contributed by atoms with E-state index >= 15 is 0 Å². The Morgan fingerprint density at radius 3 is 1.84 bits per heavy atom. The SMILES string of the molecule is CCC/C(=N/NC(=O)CNC(=O)C(c1ccccc1)c1ccccc1)c1ccccc1. The number of nitrogens with one attached hydrogen (secondary N) is 2. The molecule has 0 unspecified atom stereocenters. The summed E-state index contributed by atoms with van der Waals surface area (Å²) >= 11 is 0. The molecular formula is C26H27N3O2. The molecule has 3 aromatic rings. The summed E-state index contributed by atoms with van der Waals surface area (Å²) in [5.74, 6) is -1.08. The van der Waals surface area contributed by atoms with Gasteiger partial charge in [-0.25, -0.2) is 5.43 Å². The summed E-state index contributed by atoms with van der Waals surface area (Å²) in [5.41, 5.74) is 6.11. The van der Waals surface area contributed by atoms with E-state index in [-0.39, 0.29) is 18.4 Å². The number of benzene rings is 3. The van der Waals surface area contributed by atoms with Crippen molar-refractivity contribution in [3.63, 3.8) is 0 Å². The molecule has 0 spiro atoms. The Kier molecular flexibility index (Phi) is 8.12. The minimum atomic E-state index is -0.487. The first-order valence-corrected chi connectivity index (χ1v) is 10.5. The molecule has 0 atom stereocenters. The molecule has 0 aliphatic carbocycles. The van der Waals surface area contributed by atoms with Crippen LogP contribution in [0.25, 0.3) is 0 Å². The molecule has 5 heteroatoms. The van der Waals surface area contributed by atoms with E-state index in [0.29, 0.717) is 0 Å². The van der Waals surface area contributed by atoms with Crippen LogP contribution in [0, 0.1) is 0 Å². The fraction of sp³-hybridized carbons (Fsp3) is 0.192. The smallest absolute Gasteiger partial charge is 0.259 e. The Morgan fingerprint density at radius 1 is 0.806 bits per heavy atom. The second kappa shape index (κ2) is 11.5. The third-order valence-corrected chi connectivity index (χ3v) is 4.86. The summed E-state index contributed by atoms with van der Waals surface area (Å²) in [6.45, 7) is 1.92. The maximum atomic E-state index is 13.0. The lowest BCUT2D eigenvalue weighted by Gasteiger charge is -2.17. The zero-order chi connectivity index (χ0) is 21.9. The van der Waals surface area contributed by atoms with Gasteiger partial charge < -0.3 is 5.32 Å². The molecule has 0 bridgehead atoms. The number of hydrazone groups is 1. The lowest BCUT2D eigenvalue weighted by molar-refractivity contribution is -0.126. The van der Waals surface area contributed by atoms with E-state index in [1.807, 2.05) is 91.0 Å². The highest BCUT2D eigenvalue weighted by atomic mass is 16.2. The van der Waals surface area contributed by atoms with Gasteiger partial charge in [0.2, 0.25) is 5.91 Å². The molecule has 2 amide bonds. The topological polar surface area (TPSA) is 70.6 Å². The molecule has 0 aliphatic heterocycles. The van der Waals surface area contributed by atoms with Gasteiger partial charge in [-0.1, -0.05) is 104 Å². The highest BCUT2D eigenvalue weighted by Crippen LogP contribution is 2.24. The normalized spacial score (nSPS) is 11.2. The first-order chi connectivity index (χ1) is 15.2. The number of carbonyl (C=O) groups excluding carboxylic acids is 2. The highest BCUT2D eigenvalue weighted by Gasteiger charge is 2.22. The predicted octanol–water partition coefficient (Wildman–Crippen LogP) is 4.26. The maximum absolute atomic E-state index is 13.0. The van der Waals surface area contributed by atoms with Crippen LogP contribution in [0.5, 0.6) is 0 Å². The number of hydrogen-bond acceptors (Lipinski definition) is 3. The average molecular weight is 414 g/mol. The molecule has 2 N–H and O–H groups in total. The molecule has 31 heavy (non-hydrogen) atoms. The summed E-state index contributed by atoms with van der Waals surface area (Å²) in [6, 6.07) is 28.8. The van der Waals surface area contributed by atoms with Gasteiger partial charge in [0.15, 0.2) is 0 Å². The van der Waals surface area contributed by atoms with E-state index in [9.17, 15) is 9.59 Å². The third-order valence-electron chi connectivity index (χ3n) is 4.86. The van der Waals surface area contributed by atoms with Crippen LogP contribution in [-0.2, 0) is 9.59 Å². The van der Waals surface area contributed by atoms with Gasteiger partial charge in [-0.2, -0.15) is 5.10 Å². The van der Waals surface area contributed by atoms with Crippen molar-refractivity contribution in [2.45, 2.75) is 25.7 Å². The van der Waals surface area contributed by atoms with Crippen molar-refractivity contribution >= 4 is 17.5 Å². The molecular weight excluding hydrogens is 386 g/mol. The van der Waals surface area contributed by atoms with E-state index in [0.717, 1.165) is 35.2 Å². The van der Waals surface area contributed by atoms with Crippen molar-refractivity contribution in [3.8, 4) is 0 Å². The van der Waals surface area contributed by atoms with Gasteiger partial charge in [0, 0.05) is 0 Å². The largest absolute Gasteiger partial charge is 0.346 e. The maximum Gasteiger partial charge on any atom is 0.259 e. The van der Waals surface area contributed by atoms with Crippen molar-refractivity contribution in [2.75, 3.05) is 6.54 Å². The molecule has 0 aromatic heterocycles. The summed E-state index contributed by atoms with van der Waals surface area (Å²) in [5, 5.41) is 7.04. The van der Waals surface area contributed by atoms with E-state index in [2.05, 4.69) is 22.8 Å². The Labute approximate surface area is 183 Å². The van der Waals surface area contributed by atoms with Crippen molar-refractivity contribution in [1.29, 1.82) is 0 Å². The number of amides is 2. The molecule has 0 fully saturated rings. The molecule has 0 aliphatic rings. The summed E-state index contributed by atoms with van der Waals surface area (Å²) in [6.07, 6.45) is 1.66. The molecule has 0 saturated heterocycles. The number of hydrogen-bond donors (Lipinski definition) is 2. The van der Waals surface area contributed by atoms with Gasteiger partial charge in [0.05, 0.1) is 18.2 Å². The second-order valence-electron chi connectivity index (χ2n) is 7.18. The van der Waals surface area contributed by atoms with Crippen molar-refractivity contribution in [2.24, 2.45) is 5.10 Å². The zero-order valence-corrected chi connectivity index (χ0v) is 17.6. The fourth-order valence-corrected chi connectivity index (χ4v) is 3.36. The highest BCUT2D eigenvalue weighted by molar-refractivity contribution is 6.01. The van der Waals surface area contributed by atoms with Crippen LogP contribution in [0.15, 0.2) is 96.1 Å². The number of rotatable bonds is 9. The van der Waals surface area contributed by atoms with Gasteiger partial charge in [0.25, 0.3) is 5.91 Å². The van der Waals surface area contributed by atoms with Gasteiger partial charge in [-0.05, 0) is 23.1 Å². The monoisotopic (exact) mass is 413 g/mol. The molecule has 158 valence electrons. The molecule has 3 aromatic carbocycles. The van der Waals surface area contributed by atoms with E-state index in [1.165, 1.54) is 0 Å². The molecule has 5 nitrogen and oxygen atoms in total. The van der Waals surface area contributed by atoms with Crippen molar-refractivity contribution in [1.82, 2.24) is 10.7 Å². The molecule has 0 radical (unpaired) electrons. The van der Waals surface area contributed by atoms with Gasteiger partial charge in [0.1, 0.15) is 0 Å². The van der Waals surface area contributed by atoms with Gasteiger partial charge in [-0.3, -0.25) is 9.59 Å². The Hall–Kier alpha value is -3.73. The Balaban J connectivity index is 1.66. The van der Waals surface area contributed by atoms with Crippen LogP contribution < -0.4 is 10.7 Å². The van der Waals surface area contributed by atoms with Crippen LogP contribution in [0.3, 0.4) is 0 Å². The van der Waals surface area contributed by atoms with Crippen molar-refractivity contribution < 1.29 is 9.59 Å². The average Bonchev–Trinajstić information content (AvgIpc) is 2.82. The van der Waals surface area contributed by atoms with Crippen LogP contribution in [0.1, 0.15) is 42.4 Å². The lowest BCUT2D eigenvalue weighted by atomic mass is 9.90. The Morgan fingerprint density at radius 2 is 1.32 bits per heavy atom. The molecule has 3 rings (SSSR count). The minimum absolute atomic E-state index is 0.146. The van der Waals surface area contributed by atoms with Crippen LogP contribution >= 0.6 is 0 Å². The quantitative estimate of drug-likeness (QED) is 0.407. The van der Waals surface area contributed by atoms with Crippen LogP contribution in [0.2, 0.25) is 0 Å².